The summed E-state index contributed by atoms with van der Waals surface area (Å²) in [6.45, 7) is 16.3. The van der Waals surface area contributed by atoms with Crippen LogP contribution in [0.5, 0.6) is 0 Å². The van der Waals surface area contributed by atoms with E-state index in [9.17, 15) is 0 Å². The number of allylic oxidation sites excluding steroid dienone is 7. The summed E-state index contributed by atoms with van der Waals surface area (Å²) in [4.78, 5) is 0. The van der Waals surface area contributed by atoms with Gasteiger partial charge in [-0.3, -0.25) is 10.8 Å². The Balaban J connectivity index is 0.000000324. The van der Waals surface area contributed by atoms with Crippen molar-refractivity contribution in [3.63, 3.8) is 0 Å². The summed E-state index contributed by atoms with van der Waals surface area (Å²) in [5.41, 5.74) is 11.5. The predicted molar refractivity (Wildman–Crippen MR) is 201 cm³/mol. The molecule has 0 saturated heterocycles. The molecular formula is C42H66N4O3+4. The quantitative estimate of drug-likeness (QED) is 0.0736. The van der Waals surface area contributed by atoms with Crippen LogP contribution in [0.4, 0.5) is 0 Å². The van der Waals surface area contributed by atoms with Crippen molar-refractivity contribution >= 4 is 11.9 Å². The van der Waals surface area contributed by atoms with E-state index in [-0.39, 0.29) is 0 Å². The van der Waals surface area contributed by atoms with E-state index < -0.39 is 0 Å². The summed E-state index contributed by atoms with van der Waals surface area (Å²) in [6.07, 6.45) is 26.9. The largest absolute Gasteiger partial charge is 0.501 e. The number of aliphatic hydroxyl groups is 1. The number of aromatic nitrogens is 2. The zero-order valence-electron chi connectivity index (χ0n) is 31.7. The second-order valence-electron chi connectivity index (χ2n) is 13.2. The molecule has 7 nitrogen and oxygen atoms in total. The zero-order valence-corrected chi connectivity index (χ0v) is 31.7. The van der Waals surface area contributed by atoms with Crippen LogP contribution in [-0.2, 0) is 35.4 Å². The van der Waals surface area contributed by atoms with Gasteiger partial charge in [0.1, 0.15) is 13.1 Å². The van der Waals surface area contributed by atoms with Gasteiger partial charge in [-0.05, 0) is 108 Å². The van der Waals surface area contributed by atoms with Gasteiger partial charge in [-0.2, -0.15) is 0 Å². The molecular weight excluding hydrogens is 608 g/mol. The smallest absolute Gasteiger partial charge is 0.184 e. The van der Waals surface area contributed by atoms with E-state index >= 15 is 0 Å². The SMILES string of the molecule is CC(=[NH2+])/C(C)=C\C(C)=C/OCCCCC[n+]1cc(C)cc(C)c1C.CO.[NH2+]=C/C=C\C1=C(OCCCC[n+]2cccc3c2CCC3)CCC1. The monoisotopic (exact) mass is 675 g/mol. The van der Waals surface area contributed by atoms with Crippen LogP contribution in [0.1, 0.15) is 107 Å². The minimum absolute atomic E-state index is 0.770. The van der Waals surface area contributed by atoms with Gasteiger partial charge in [-0.1, -0.05) is 0 Å². The van der Waals surface area contributed by atoms with E-state index in [1.54, 1.807) is 17.5 Å². The number of hydrogen-bond donors (Lipinski definition) is 3. The number of aliphatic hydroxyl groups excluding tert-OH is 1. The number of nitrogens with two attached hydrogens (primary N) is 2. The lowest BCUT2D eigenvalue weighted by atomic mass is 10.1. The highest BCUT2D eigenvalue weighted by Crippen LogP contribution is 2.27. The number of ether oxygens (including phenoxy) is 2. The predicted octanol–water partition coefficient (Wildman–Crippen LogP) is 4.85. The molecule has 2 aliphatic carbocycles. The first-order chi connectivity index (χ1) is 23.7. The molecule has 5 N–H and O–H groups in total. The second-order valence-corrected chi connectivity index (χ2v) is 13.2. The third-order valence-electron chi connectivity index (χ3n) is 9.13. The molecule has 0 aromatic carbocycles. The van der Waals surface area contributed by atoms with Gasteiger partial charge in [0.05, 0.1) is 25.2 Å². The van der Waals surface area contributed by atoms with Gasteiger partial charge in [0.2, 0.25) is 0 Å². The van der Waals surface area contributed by atoms with E-state index in [1.165, 1.54) is 73.1 Å². The first kappa shape index (κ1) is 41.3. The summed E-state index contributed by atoms with van der Waals surface area (Å²) >= 11 is 0. The van der Waals surface area contributed by atoms with Crippen LogP contribution in [0.2, 0.25) is 0 Å². The molecule has 2 heterocycles. The lowest BCUT2D eigenvalue weighted by Gasteiger charge is -2.08. The molecule has 2 aliphatic rings. The van der Waals surface area contributed by atoms with Gasteiger partial charge < -0.3 is 14.6 Å². The van der Waals surface area contributed by atoms with E-state index in [0.717, 1.165) is 76.0 Å². The van der Waals surface area contributed by atoms with Crippen molar-refractivity contribution in [1.29, 1.82) is 0 Å². The van der Waals surface area contributed by atoms with Gasteiger partial charge in [-0.25, -0.2) is 9.13 Å². The molecule has 268 valence electrons. The van der Waals surface area contributed by atoms with Crippen LogP contribution in [-0.4, -0.2) is 37.4 Å². The molecule has 2 aromatic heterocycles. The highest BCUT2D eigenvalue weighted by atomic mass is 16.5. The molecule has 4 rings (SSSR count). The van der Waals surface area contributed by atoms with Crippen LogP contribution in [0.15, 0.2) is 77.6 Å². The van der Waals surface area contributed by atoms with Crippen LogP contribution in [0.3, 0.4) is 0 Å². The standard InChI is InChI=1S/C21H33N2O.C20H27N2O.CH4O/c1-16-12-19(4)21(6)23(14-16)10-8-7-9-11-24-15-17(2)13-18(3)20(5)22;21-13-5-9-18-8-4-12-20(18)23-16-2-1-14-22-15-6-10-17-7-3-11-19(17)22;1-2/h12-15,22H,7-11H2,1-6H3;5-6,9-10,13,15,21H,1-4,7-8,11-12,14,16H2;2H,1H3/q2*+1;/p+2/b17-15-,18-13-,22-20?;9-5-,21-13?;. The molecule has 0 saturated carbocycles. The molecule has 0 bridgehead atoms. The van der Waals surface area contributed by atoms with Crippen LogP contribution in [0.25, 0.3) is 0 Å². The fourth-order valence-electron chi connectivity index (χ4n) is 6.26. The van der Waals surface area contributed by atoms with Crippen molar-refractivity contribution in [2.45, 2.75) is 125 Å². The number of nitrogens with zero attached hydrogens (tertiary/aromatic N) is 2. The molecule has 0 fully saturated rings. The van der Waals surface area contributed by atoms with Gasteiger partial charge in [0.15, 0.2) is 35.7 Å². The van der Waals surface area contributed by atoms with Gasteiger partial charge >= 0.3 is 0 Å². The highest BCUT2D eigenvalue weighted by molar-refractivity contribution is 5.93. The number of hydrogen-bond acceptors (Lipinski definition) is 3. The van der Waals surface area contributed by atoms with Gasteiger partial charge in [0, 0.05) is 81.0 Å². The number of rotatable bonds is 17. The summed E-state index contributed by atoms with van der Waals surface area (Å²) < 4.78 is 16.5. The Labute approximate surface area is 297 Å². The Bertz CT molecular complexity index is 1470. The molecule has 0 unspecified atom stereocenters. The normalized spacial score (nSPS) is 14.2. The maximum Gasteiger partial charge on any atom is 0.184 e. The Morgan fingerprint density at radius 2 is 1.61 bits per heavy atom. The maximum atomic E-state index is 7.00. The number of fused-ring (bicyclic) bond motifs is 1. The van der Waals surface area contributed by atoms with E-state index in [4.69, 9.17) is 25.4 Å². The van der Waals surface area contributed by atoms with Crippen molar-refractivity contribution < 1.29 is 34.5 Å². The minimum Gasteiger partial charge on any atom is -0.501 e. The van der Waals surface area contributed by atoms with Gasteiger partial charge in [0.25, 0.3) is 0 Å². The molecule has 49 heavy (non-hydrogen) atoms. The van der Waals surface area contributed by atoms with Crippen LogP contribution < -0.4 is 20.0 Å². The van der Waals surface area contributed by atoms with Crippen molar-refractivity contribution in [2.75, 3.05) is 20.3 Å². The van der Waals surface area contributed by atoms with Gasteiger partial charge in [-0.15, -0.1) is 0 Å². The van der Waals surface area contributed by atoms with E-state index in [2.05, 4.69) is 72.7 Å². The lowest BCUT2D eigenvalue weighted by Crippen LogP contribution is -2.38. The molecule has 0 spiro atoms. The highest BCUT2D eigenvalue weighted by Gasteiger charge is 2.20. The first-order valence-electron chi connectivity index (χ1n) is 18.2. The molecule has 7 heteroatoms. The Morgan fingerprint density at radius 3 is 2.37 bits per heavy atom. The topological polar surface area (TPSA) is 97.6 Å². The van der Waals surface area contributed by atoms with Crippen LogP contribution >= 0.6 is 0 Å². The summed E-state index contributed by atoms with van der Waals surface area (Å²) in [6, 6.07) is 6.72. The molecule has 0 radical (unpaired) electrons. The number of aryl methyl sites for hydroxylation is 5. The fraction of sp³-hybridized carbons (Fsp3) is 0.524. The zero-order chi connectivity index (χ0) is 36.0. The molecule has 2 aromatic rings. The Morgan fingerprint density at radius 1 is 0.898 bits per heavy atom. The number of pyridine rings is 2. The third-order valence-corrected chi connectivity index (χ3v) is 9.13. The summed E-state index contributed by atoms with van der Waals surface area (Å²) in [5, 5.41) is 18.2. The Hall–Kier alpha value is -3.84. The van der Waals surface area contributed by atoms with Crippen molar-refractivity contribution in [2.24, 2.45) is 0 Å². The first-order valence-corrected chi connectivity index (χ1v) is 18.2. The van der Waals surface area contributed by atoms with E-state index in [1.807, 2.05) is 33.1 Å². The molecule has 0 aliphatic heterocycles. The second kappa shape index (κ2) is 23.5. The number of unbranched alkanes of at least 4 members (excludes halogenated alkanes) is 3. The van der Waals surface area contributed by atoms with E-state index in [0.29, 0.717) is 0 Å². The third kappa shape index (κ3) is 15.1. The molecule has 0 atom stereocenters. The lowest BCUT2D eigenvalue weighted by molar-refractivity contribution is -0.704. The maximum absolute atomic E-state index is 7.00. The Kier molecular flexibility index (Phi) is 19.8. The average Bonchev–Trinajstić information content (AvgIpc) is 3.76. The summed E-state index contributed by atoms with van der Waals surface area (Å²) in [5.74, 6) is 1.18. The fourth-order valence-corrected chi connectivity index (χ4v) is 6.26. The van der Waals surface area contributed by atoms with Crippen molar-refractivity contribution in [3.05, 3.63) is 106 Å². The summed E-state index contributed by atoms with van der Waals surface area (Å²) in [7, 11) is 1.00. The molecule has 0 amide bonds. The van der Waals surface area contributed by atoms with Crippen LogP contribution in [0, 0.1) is 20.8 Å². The van der Waals surface area contributed by atoms with Crippen molar-refractivity contribution in [3.8, 4) is 0 Å². The van der Waals surface area contributed by atoms with Crippen molar-refractivity contribution in [1.82, 2.24) is 0 Å². The minimum atomic E-state index is 0.770. The average molecular weight is 675 g/mol.